The van der Waals surface area contributed by atoms with E-state index in [1.807, 2.05) is 0 Å². The molecule has 0 saturated heterocycles. The van der Waals surface area contributed by atoms with E-state index in [1.165, 1.54) is 12.1 Å². The lowest BCUT2D eigenvalue weighted by atomic mass is 9.98. The van der Waals surface area contributed by atoms with Crippen LogP contribution in [0.15, 0.2) is 24.3 Å². The van der Waals surface area contributed by atoms with Gasteiger partial charge in [-0.3, -0.25) is 11.3 Å². The second-order valence-electron chi connectivity index (χ2n) is 5.21. The van der Waals surface area contributed by atoms with Crippen molar-refractivity contribution < 1.29 is 17.9 Å². The van der Waals surface area contributed by atoms with Crippen LogP contribution < -0.4 is 11.3 Å². The average Bonchev–Trinajstić information content (AvgIpc) is 3.22. The highest BCUT2D eigenvalue weighted by Crippen LogP contribution is 2.36. The zero-order valence-electron chi connectivity index (χ0n) is 11.3. The van der Waals surface area contributed by atoms with Gasteiger partial charge < -0.3 is 4.74 Å². The van der Waals surface area contributed by atoms with Crippen LogP contribution >= 0.6 is 0 Å². The Morgan fingerprint density at radius 3 is 2.30 bits per heavy atom. The standard InChI is InChI=1S/C14H19F3N2O/c1-20-13(10-4-5-10)12(19-18)8-9-2-6-11(7-3-9)14(15,16)17/h2-3,6-7,10,12-13,19H,4-5,8,18H2,1H3. The van der Waals surface area contributed by atoms with Gasteiger partial charge in [-0.25, -0.2) is 0 Å². The summed E-state index contributed by atoms with van der Waals surface area (Å²) in [5.41, 5.74) is 2.89. The molecule has 1 aromatic rings. The Morgan fingerprint density at radius 2 is 1.90 bits per heavy atom. The molecule has 6 heteroatoms. The van der Waals surface area contributed by atoms with Crippen LogP contribution in [-0.2, 0) is 17.3 Å². The molecule has 1 aromatic carbocycles. The van der Waals surface area contributed by atoms with Crippen molar-refractivity contribution in [2.45, 2.75) is 37.6 Å². The largest absolute Gasteiger partial charge is 0.416 e. The van der Waals surface area contributed by atoms with E-state index in [2.05, 4.69) is 5.43 Å². The van der Waals surface area contributed by atoms with Gasteiger partial charge in [-0.2, -0.15) is 13.2 Å². The van der Waals surface area contributed by atoms with Crippen LogP contribution in [0.3, 0.4) is 0 Å². The minimum absolute atomic E-state index is 0.00212. The average molecular weight is 288 g/mol. The predicted octanol–water partition coefficient (Wildman–Crippen LogP) is 2.50. The number of halogens is 3. The van der Waals surface area contributed by atoms with E-state index in [0.717, 1.165) is 30.5 Å². The number of alkyl halides is 3. The Morgan fingerprint density at radius 1 is 1.30 bits per heavy atom. The Labute approximate surface area is 116 Å². The Hall–Kier alpha value is -1.11. The van der Waals surface area contributed by atoms with Crippen molar-refractivity contribution in [3.8, 4) is 0 Å². The van der Waals surface area contributed by atoms with Crippen molar-refractivity contribution in [2.24, 2.45) is 11.8 Å². The third-order valence-corrected chi connectivity index (χ3v) is 3.71. The number of rotatable bonds is 6. The monoisotopic (exact) mass is 288 g/mol. The van der Waals surface area contributed by atoms with Gasteiger partial charge in [0.05, 0.1) is 17.7 Å². The van der Waals surface area contributed by atoms with Gasteiger partial charge in [0.15, 0.2) is 0 Å². The van der Waals surface area contributed by atoms with E-state index in [9.17, 15) is 13.2 Å². The van der Waals surface area contributed by atoms with E-state index >= 15 is 0 Å². The number of ether oxygens (including phenoxy) is 1. The fourth-order valence-electron chi connectivity index (χ4n) is 2.46. The fourth-order valence-corrected chi connectivity index (χ4v) is 2.46. The summed E-state index contributed by atoms with van der Waals surface area (Å²) >= 11 is 0. The van der Waals surface area contributed by atoms with Crippen LogP contribution in [0, 0.1) is 5.92 Å². The van der Waals surface area contributed by atoms with Gasteiger partial charge in [0.25, 0.3) is 0 Å². The third kappa shape index (κ3) is 3.71. The van der Waals surface area contributed by atoms with Gasteiger partial charge >= 0.3 is 6.18 Å². The van der Waals surface area contributed by atoms with E-state index in [1.54, 1.807) is 7.11 Å². The van der Waals surface area contributed by atoms with Crippen molar-refractivity contribution >= 4 is 0 Å². The fraction of sp³-hybridized carbons (Fsp3) is 0.571. The SMILES string of the molecule is COC(C1CC1)C(Cc1ccc(C(F)(F)F)cc1)NN. The first-order valence-electron chi connectivity index (χ1n) is 6.60. The van der Waals surface area contributed by atoms with Crippen LogP contribution in [0.25, 0.3) is 0 Å². The molecule has 0 aromatic heterocycles. The Balaban J connectivity index is 2.03. The topological polar surface area (TPSA) is 47.3 Å². The summed E-state index contributed by atoms with van der Waals surface area (Å²) in [6.07, 6.45) is -1.52. The molecule has 2 atom stereocenters. The number of hydrazine groups is 1. The molecule has 3 N–H and O–H groups in total. The lowest BCUT2D eigenvalue weighted by Crippen LogP contribution is -2.47. The molecule has 0 aliphatic heterocycles. The zero-order valence-corrected chi connectivity index (χ0v) is 11.3. The molecular weight excluding hydrogens is 269 g/mol. The molecule has 0 heterocycles. The Kier molecular flexibility index (Phi) is 4.67. The number of benzene rings is 1. The molecule has 1 aliphatic carbocycles. The van der Waals surface area contributed by atoms with Gasteiger partial charge in [0.2, 0.25) is 0 Å². The molecule has 2 rings (SSSR count). The van der Waals surface area contributed by atoms with E-state index in [0.29, 0.717) is 12.3 Å². The highest BCUT2D eigenvalue weighted by Gasteiger charge is 2.36. The van der Waals surface area contributed by atoms with Gasteiger partial charge in [0.1, 0.15) is 0 Å². The number of nitrogens with one attached hydrogen (secondary N) is 1. The summed E-state index contributed by atoms with van der Waals surface area (Å²) < 4.78 is 42.9. The van der Waals surface area contributed by atoms with Gasteiger partial charge in [-0.05, 0) is 42.9 Å². The summed E-state index contributed by atoms with van der Waals surface area (Å²) in [5, 5.41) is 0. The predicted molar refractivity (Wildman–Crippen MR) is 69.8 cm³/mol. The van der Waals surface area contributed by atoms with Crippen molar-refractivity contribution in [3.05, 3.63) is 35.4 Å². The molecule has 0 amide bonds. The smallest absolute Gasteiger partial charge is 0.379 e. The molecule has 0 radical (unpaired) electrons. The maximum atomic E-state index is 12.5. The second-order valence-corrected chi connectivity index (χ2v) is 5.21. The normalized spacial score (nSPS) is 18.9. The van der Waals surface area contributed by atoms with Gasteiger partial charge in [-0.1, -0.05) is 12.1 Å². The molecule has 20 heavy (non-hydrogen) atoms. The maximum absolute atomic E-state index is 12.5. The van der Waals surface area contributed by atoms with Crippen LogP contribution in [0.2, 0.25) is 0 Å². The molecular formula is C14H19F3N2O. The highest BCUT2D eigenvalue weighted by molar-refractivity contribution is 5.25. The van der Waals surface area contributed by atoms with Crippen molar-refractivity contribution in [3.63, 3.8) is 0 Å². The maximum Gasteiger partial charge on any atom is 0.416 e. The summed E-state index contributed by atoms with van der Waals surface area (Å²) in [4.78, 5) is 0. The number of hydrogen-bond donors (Lipinski definition) is 2. The van der Waals surface area contributed by atoms with E-state index in [4.69, 9.17) is 10.6 Å². The molecule has 2 unspecified atom stereocenters. The molecule has 0 spiro atoms. The van der Waals surface area contributed by atoms with Crippen molar-refractivity contribution in [2.75, 3.05) is 7.11 Å². The molecule has 3 nitrogen and oxygen atoms in total. The lowest BCUT2D eigenvalue weighted by molar-refractivity contribution is -0.137. The van der Waals surface area contributed by atoms with Crippen LogP contribution in [-0.4, -0.2) is 19.3 Å². The van der Waals surface area contributed by atoms with Crippen LogP contribution in [0.1, 0.15) is 24.0 Å². The molecule has 1 fully saturated rings. The summed E-state index contributed by atoms with van der Waals surface area (Å²) in [6, 6.07) is 5.09. The molecule has 0 bridgehead atoms. The number of methoxy groups -OCH3 is 1. The van der Waals surface area contributed by atoms with Crippen molar-refractivity contribution in [1.82, 2.24) is 5.43 Å². The van der Waals surface area contributed by atoms with Gasteiger partial charge in [0, 0.05) is 7.11 Å². The molecule has 1 saturated carbocycles. The molecule has 1 aliphatic rings. The van der Waals surface area contributed by atoms with E-state index < -0.39 is 11.7 Å². The van der Waals surface area contributed by atoms with Gasteiger partial charge in [-0.15, -0.1) is 0 Å². The second kappa shape index (κ2) is 6.11. The summed E-state index contributed by atoms with van der Waals surface area (Å²) in [7, 11) is 1.64. The van der Waals surface area contributed by atoms with Crippen LogP contribution in [0.5, 0.6) is 0 Å². The molecule has 112 valence electrons. The highest BCUT2D eigenvalue weighted by atomic mass is 19.4. The number of hydrogen-bond acceptors (Lipinski definition) is 3. The quantitative estimate of drug-likeness (QED) is 0.624. The summed E-state index contributed by atoms with van der Waals surface area (Å²) in [5.74, 6) is 6.05. The van der Waals surface area contributed by atoms with E-state index in [-0.39, 0.29) is 12.1 Å². The first-order valence-corrected chi connectivity index (χ1v) is 6.60. The Bertz CT molecular complexity index is 429. The first kappa shape index (κ1) is 15.3. The lowest BCUT2D eigenvalue weighted by Gasteiger charge is -2.25. The minimum atomic E-state index is -4.30. The summed E-state index contributed by atoms with van der Waals surface area (Å²) in [6.45, 7) is 0. The minimum Gasteiger partial charge on any atom is -0.379 e. The first-order chi connectivity index (χ1) is 9.45. The zero-order chi connectivity index (χ0) is 14.8. The number of nitrogens with two attached hydrogens (primary N) is 1. The third-order valence-electron chi connectivity index (χ3n) is 3.71. The van der Waals surface area contributed by atoms with Crippen molar-refractivity contribution in [1.29, 1.82) is 0 Å². The van der Waals surface area contributed by atoms with Crippen LogP contribution in [0.4, 0.5) is 13.2 Å².